The van der Waals surface area contributed by atoms with Crippen molar-refractivity contribution in [1.29, 1.82) is 0 Å². The predicted octanol–water partition coefficient (Wildman–Crippen LogP) is 20.3. The minimum Gasteiger partial charge on any atom is -0.457 e. The highest BCUT2D eigenvalue weighted by Crippen LogP contribution is 2.52. The van der Waals surface area contributed by atoms with E-state index in [4.69, 9.17) is 9.72 Å². The molecule has 5 nitrogen and oxygen atoms in total. The van der Waals surface area contributed by atoms with E-state index >= 15 is 0 Å². The Morgan fingerprint density at radius 3 is 1.38 bits per heavy atom. The Bertz CT molecular complexity index is 3990. The normalized spacial score (nSPS) is 13.9. The van der Waals surface area contributed by atoms with Gasteiger partial charge in [0, 0.05) is 56.7 Å². The molecule has 1 aliphatic rings. The molecular formula is C77H82N4O. The molecule has 0 saturated carbocycles. The second-order valence-electron chi connectivity index (χ2n) is 27.5. The Hall–Kier alpha value is -8.15. The topological polar surface area (TPSA) is 33.5 Å². The monoisotopic (exact) mass is 1080 g/mol. The van der Waals surface area contributed by atoms with E-state index in [1.165, 1.54) is 72.5 Å². The van der Waals surface area contributed by atoms with Crippen LogP contribution in [0.15, 0.2) is 224 Å². The number of hydrogen-bond acceptors (Lipinski definition) is 4. The van der Waals surface area contributed by atoms with Gasteiger partial charge in [-0.15, -0.1) is 0 Å². The smallest absolute Gasteiger partial charge is 0.137 e. The highest BCUT2D eigenvalue weighted by Gasteiger charge is 2.47. The van der Waals surface area contributed by atoms with Gasteiger partial charge in [0.15, 0.2) is 0 Å². The van der Waals surface area contributed by atoms with Gasteiger partial charge in [-0.3, -0.25) is 4.57 Å². The first kappa shape index (κ1) is 55.7. The molecular weight excluding hydrogens is 997 g/mol. The zero-order valence-electron chi connectivity index (χ0n) is 51.1. The maximum Gasteiger partial charge on any atom is 0.137 e. The van der Waals surface area contributed by atoms with Crippen molar-refractivity contribution < 1.29 is 4.74 Å². The lowest BCUT2D eigenvalue weighted by molar-refractivity contribution is 0.479. The first-order valence-electron chi connectivity index (χ1n) is 29.4. The van der Waals surface area contributed by atoms with Crippen molar-refractivity contribution in [2.45, 2.75) is 136 Å². The fourth-order valence-corrected chi connectivity index (χ4v) is 12.3. The summed E-state index contributed by atoms with van der Waals surface area (Å²) in [6.45, 7) is 35.6. The van der Waals surface area contributed by atoms with Crippen LogP contribution in [0, 0.1) is 0 Å². The molecule has 1 aliphatic heterocycles. The SMILES string of the molecule is CC(C)(C)c1cc(Oc2ccc3c4cc(C(C)(C)C)ccc4n(-c4cc(C(C)(C)c5ccccc5)ccn4)c3c2)cc(N2CN(c3cc(-c4ccccc4)cc(C(C)(C)C)c3)C(C(C)(C)c3ccccc3)=C2C(C)(C)c2ccccc2)c1. The Balaban J connectivity index is 1.11. The Morgan fingerprint density at radius 1 is 0.341 bits per heavy atom. The molecule has 8 aromatic carbocycles. The van der Waals surface area contributed by atoms with Crippen molar-refractivity contribution in [3.05, 3.63) is 263 Å². The molecule has 11 rings (SSSR count). The van der Waals surface area contributed by atoms with Crippen molar-refractivity contribution in [3.63, 3.8) is 0 Å². The van der Waals surface area contributed by atoms with Crippen LogP contribution < -0.4 is 14.5 Å². The number of pyridine rings is 1. The van der Waals surface area contributed by atoms with Crippen LogP contribution in [0.4, 0.5) is 11.4 Å². The molecule has 0 radical (unpaired) electrons. The summed E-state index contributed by atoms with van der Waals surface area (Å²) in [6.07, 6.45) is 1.97. The van der Waals surface area contributed by atoms with Crippen molar-refractivity contribution in [3.8, 4) is 28.4 Å². The van der Waals surface area contributed by atoms with Crippen molar-refractivity contribution in [2.75, 3.05) is 16.5 Å². The van der Waals surface area contributed by atoms with E-state index < -0.39 is 10.8 Å². The molecule has 0 fully saturated rings. The number of allylic oxidation sites excluding steroid dienone is 2. The molecule has 0 atom stereocenters. The van der Waals surface area contributed by atoms with Crippen LogP contribution in [0.1, 0.15) is 143 Å². The first-order valence-corrected chi connectivity index (χ1v) is 29.4. The average molecular weight is 1080 g/mol. The summed E-state index contributed by atoms with van der Waals surface area (Å²) < 4.78 is 9.67. The highest BCUT2D eigenvalue weighted by atomic mass is 16.5. The van der Waals surface area contributed by atoms with Gasteiger partial charge in [-0.05, 0) is 127 Å². The molecule has 0 amide bonds. The molecule has 82 heavy (non-hydrogen) atoms. The standard InChI is InChI=1S/C77H82N4O/c1-72(2,3)57-36-39-67-66(47-57)65-38-37-63(50-68(65)81(67)69-48-58(40-41-78-69)75(10,11)54-30-22-17-23-31-54)82-64-46-60(74(7,8)9)45-62(49-64)80-51-79(61-43-53(52-28-20-16-21-29-52)42-59(44-61)73(4,5)6)70(76(12,13)55-32-24-18-25-33-55)71(80)77(14,15)56-34-26-19-27-35-56/h16-50H,51H2,1-15H3. The van der Waals surface area contributed by atoms with Crippen LogP contribution in [0.25, 0.3) is 38.8 Å². The summed E-state index contributed by atoms with van der Waals surface area (Å²) >= 11 is 0. The maximum atomic E-state index is 7.33. The van der Waals surface area contributed by atoms with Gasteiger partial charge >= 0.3 is 0 Å². The largest absolute Gasteiger partial charge is 0.457 e. The maximum absolute atomic E-state index is 7.33. The van der Waals surface area contributed by atoms with E-state index in [-0.39, 0.29) is 21.7 Å². The van der Waals surface area contributed by atoms with E-state index in [2.05, 4.69) is 324 Å². The molecule has 3 heterocycles. The molecule has 5 heteroatoms. The second-order valence-corrected chi connectivity index (χ2v) is 27.5. The van der Waals surface area contributed by atoms with Gasteiger partial charge in [-0.25, -0.2) is 4.98 Å². The van der Waals surface area contributed by atoms with Crippen LogP contribution in [-0.4, -0.2) is 16.2 Å². The first-order chi connectivity index (χ1) is 38.8. The third-order valence-electron chi connectivity index (χ3n) is 17.5. The lowest BCUT2D eigenvalue weighted by Gasteiger charge is -2.38. The fraction of sp³-hybridized carbons (Fsp3) is 0.286. The van der Waals surface area contributed by atoms with E-state index in [0.717, 1.165) is 39.4 Å². The van der Waals surface area contributed by atoms with Crippen molar-refractivity contribution in [1.82, 2.24) is 9.55 Å². The second kappa shape index (κ2) is 20.7. The third kappa shape index (κ3) is 10.4. The summed E-state index contributed by atoms with van der Waals surface area (Å²) in [6, 6.07) is 76.0. The minimum atomic E-state index is -0.465. The Kier molecular flexibility index (Phi) is 14.1. The summed E-state index contributed by atoms with van der Waals surface area (Å²) in [5.74, 6) is 2.41. The van der Waals surface area contributed by atoms with E-state index in [1.807, 2.05) is 6.20 Å². The van der Waals surface area contributed by atoms with Crippen molar-refractivity contribution >= 4 is 33.2 Å². The van der Waals surface area contributed by atoms with Gasteiger partial charge in [0.05, 0.1) is 29.1 Å². The lowest BCUT2D eigenvalue weighted by Crippen LogP contribution is -2.35. The zero-order chi connectivity index (χ0) is 58.1. The number of benzene rings is 8. The number of nitrogens with zero attached hydrogens (tertiary/aromatic N) is 4. The molecule has 10 aromatic rings. The third-order valence-corrected chi connectivity index (χ3v) is 17.5. The number of aromatic nitrogens is 2. The molecule has 0 N–H and O–H groups in total. The van der Waals surface area contributed by atoms with E-state index in [9.17, 15) is 0 Å². The number of rotatable bonds is 12. The lowest BCUT2D eigenvalue weighted by atomic mass is 9.73. The predicted molar refractivity (Wildman–Crippen MR) is 347 cm³/mol. The van der Waals surface area contributed by atoms with Gasteiger partial charge in [-0.2, -0.15) is 0 Å². The molecule has 416 valence electrons. The fourth-order valence-electron chi connectivity index (χ4n) is 12.3. The number of fused-ring (bicyclic) bond motifs is 3. The molecule has 0 saturated heterocycles. The van der Waals surface area contributed by atoms with Gasteiger partial charge in [0.2, 0.25) is 0 Å². The average Bonchev–Trinajstić information content (AvgIpc) is 2.24. The highest BCUT2D eigenvalue weighted by molar-refractivity contribution is 6.10. The number of anilines is 2. The van der Waals surface area contributed by atoms with Crippen LogP contribution in [0.2, 0.25) is 0 Å². The molecule has 0 bridgehead atoms. The number of ether oxygens (including phenoxy) is 1. The number of hydrogen-bond donors (Lipinski definition) is 0. The van der Waals surface area contributed by atoms with Crippen molar-refractivity contribution in [2.24, 2.45) is 0 Å². The van der Waals surface area contributed by atoms with Gasteiger partial charge in [0.1, 0.15) is 17.3 Å². The summed E-state index contributed by atoms with van der Waals surface area (Å²) in [5.41, 5.74) is 16.5. The van der Waals surface area contributed by atoms with E-state index in [0.29, 0.717) is 6.67 Å². The van der Waals surface area contributed by atoms with Crippen LogP contribution in [0.3, 0.4) is 0 Å². The molecule has 0 aliphatic carbocycles. The van der Waals surface area contributed by atoms with Crippen LogP contribution >= 0.6 is 0 Å². The van der Waals surface area contributed by atoms with Crippen LogP contribution in [0.5, 0.6) is 11.5 Å². The van der Waals surface area contributed by atoms with Gasteiger partial charge < -0.3 is 14.5 Å². The summed E-state index contributed by atoms with van der Waals surface area (Å²) in [4.78, 5) is 10.4. The minimum absolute atomic E-state index is 0.0311. The molecule has 2 aromatic heterocycles. The summed E-state index contributed by atoms with van der Waals surface area (Å²) in [7, 11) is 0. The quantitative estimate of drug-likeness (QED) is 0.122. The Labute approximate surface area is 489 Å². The van der Waals surface area contributed by atoms with Gasteiger partial charge in [-0.1, -0.05) is 237 Å². The Morgan fingerprint density at radius 2 is 0.841 bits per heavy atom. The van der Waals surface area contributed by atoms with Gasteiger partial charge in [0.25, 0.3) is 0 Å². The van der Waals surface area contributed by atoms with Crippen LogP contribution in [-0.2, 0) is 32.5 Å². The molecule has 0 spiro atoms. The summed E-state index contributed by atoms with van der Waals surface area (Å²) in [5, 5.41) is 2.35. The van der Waals surface area contributed by atoms with E-state index in [1.54, 1.807) is 0 Å². The zero-order valence-corrected chi connectivity index (χ0v) is 51.1. The molecule has 0 unspecified atom stereocenters.